The standard InChI is InChI=1S/C4H7N3O2/c5-4(9)7-3(8)2-1-6-2/h2,6H,1H2,(H3,5,7,8,9). The van der Waals surface area contributed by atoms with Crippen molar-refractivity contribution in [3.05, 3.63) is 0 Å². The summed E-state index contributed by atoms with van der Waals surface area (Å²) in [4.78, 5) is 20.5. The maximum absolute atomic E-state index is 10.5. The summed E-state index contributed by atoms with van der Waals surface area (Å²) in [7, 11) is 0. The predicted molar refractivity (Wildman–Crippen MR) is 29.5 cm³/mol. The molecule has 0 aromatic rings. The summed E-state index contributed by atoms with van der Waals surface area (Å²) in [5.41, 5.74) is 4.66. The van der Waals surface area contributed by atoms with Crippen LogP contribution >= 0.6 is 0 Å². The van der Waals surface area contributed by atoms with Gasteiger partial charge in [-0.1, -0.05) is 0 Å². The van der Waals surface area contributed by atoms with Crippen LogP contribution < -0.4 is 16.4 Å². The van der Waals surface area contributed by atoms with Crippen LogP contribution in [0.3, 0.4) is 0 Å². The van der Waals surface area contributed by atoms with Gasteiger partial charge < -0.3 is 11.1 Å². The Morgan fingerprint density at radius 3 is 2.56 bits per heavy atom. The van der Waals surface area contributed by atoms with Crippen molar-refractivity contribution < 1.29 is 9.59 Å². The smallest absolute Gasteiger partial charge is 0.318 e. The lowest BCUT2D eigenvalue weighted by Gasteiger charge is -1.93. The van der Waals surface area contributed by atoms with Crippen molar-refractivity contribution >= 4 is 11.9 Å². The van der Waals surface area contributed by atoms with Crippen LogP contribution in [0.15, 0.2) is 0 Å². The summed E-state index contributed by atoms with van der Waals surface area (Å²) in [6.45, 7) is 0.638. The molecule has 0 aromatic heterocycles. The average Bonchev–Trinajstić information content (AvgIpc) is 2.40. The van der Waals surface area contributed by atoms with Crippen LogP contribution in [0.5, 0.6) is 0 Å². The van der Waals surface area contributed by atoms with Crippen molar-refractivity contribution in [1.29, 1.82) is 0 Å². The molecule has 1 saturated heterocycles. The molecule has 5 nitrogen and oxygen atoms in total. The van der Waals surface area contributed by atoms with Gasteiger partial charge in [-0.2, -0.15) is 0 Å². The van der Waals surface area contributed by atoms with Gasteiger partial charge in [-0.25, -0.2) is 4.79 Å². The number of carbonyl (C=O) groups excluding carboxylic acids is 2. The zero-order chi connectivity index (χ0) is 6.85. The first-order chi connectivity index (χ1) is 4.20. The van der Waals surface area contributed by atoms with Crippen LogP contribution in [-0.2, 0) is 4.79 Å². The minimum Gasteiger partial charge on any atom is -0.351 e. The molecule has 50 valence electrons. The summed E-state index contributed by atoms with van der Waals surface area (Å²) in [5, 5.41) is 4.66. The first kappa shape index (κ1) is 6.03. The van der Waals surface area contributed by atoms with Crippen LogP contribution in [0.25, 0.3) is 0 Å². The number of imide groups is 1. The van der Waals surface area contributed by atoms with Gasteiger partial charge in [-0.05, 0) is 0 Å². The van der Waals surface area contributed by atoms with E-state index in [9.17, 15) is 9.59 Å². The Kier molecular flexibility index (Phi) is 1.35. The Labute approximate surface area is 51.6 Å². The molecule has 1 aliphatic heterocycles. The van der Waals surface area contributed by atoms with Gasteiger partial charge in [0.25, 0.3) is 0 Å². The highest BCUT2D eigenvalue weighted by Crippen LogP contribution is 1.94. The number of nitrogens with two attached hydrogens (primary N) is 1. The van der Waals surface area contributed by atoms with Gasteiger partial charge in [0.2, 0.25) is 5.91 Å². The van der Waals surface area contributed by atoms with Crippen molar-refractivity contribution in [2.75, 3.05) is 6.54 Å². The summed E-state index contributed by atoms with van der Waals surface area (Å²) >= 11 is 0. The highest BCUT2D eigenvalue weighted by Gasteiger charge is 2.29. The van der Waals surface area contributed by atoms with E-state index in [1.165, 1.54) is 0 Å². The van der Waals surface area contributed by atoms with E-state index in [2.05, 4.69) is 11.1 Å². The normalized spacial score (nSPS) is 22.9. The minimum atomic E-state index is -0.797. The molecule has 0 aliphatic carbocycles. The lowest BCUT2D eigenvalue weighted by Crippen LogP contribution is -2.38. The highest BCUT2D eigenvalue weighted by atomic mass is 16.2. The number of primary amides is 1. The number of rotatable bonds is 1. The molecule has 3 amide bonds. The van der Waals surface area contributed by atoms with Crippen LogP contribution in [0.1, 0.15) is 0 Å². The Morgan fingerprint density at radius 1 is 1.67 bits per heavy atom. The zero-order valence-corrected chi connectivity index (χ0v) is 4.68. The van der Waals surface area contributed by atoms with Gasteiger partial charge in [0.15, 0.2) is 0 Å². The molecule has 0 spiro atoms. The van der Waals surface area contributed by atoms with E-state index in [1.807, 2.05) is 5.32 Å². The molecule has 1 heterocycles. The topological polar surface area (TPSA) is 94.1 Å². The monoisotopic (exact) mass is 129 g/mol. The Hall–Kier alpha value is -1.10. The van der Waals surface area contributed by atoms with Crippen LogP contribution in [0, 0.1) is 0 Å². The summed E-state index contributed by atoms with van der Waals surface area (Å²) in [6.07, 6.45) is 0. The van der Waals surface area contributed by atoms with Gasteiger partial charge in [-0.3, -0.25) is 10.1 Å². The van der Waals surface area contributed by atoms with Crippen molar-refractivity contribution in [3.63, 3.8) is 0 Å². The van der Waals surface area contributed by atoms with Crippen molar-refractivity contribution in [3.8, 4) is 0 Å². The van der Waals surface area contributed by atoms with Crippen LogP contribution in [-0.4, -0.2) is 24.5 Å². The van der Waals surface area contributed by atoms with Gasteiger partial charge in [0.05, 0.1) is 6.04 Å². The van der Waals surface area contributed by atoms with Crippen molar-refractivity contribution in [2.24, 2.45) is 5.73 Å². The second-order valence-corrected chi connectivity index (χ2v) is 1.81. The fourth-order valence-corrected chi connectivity index (χ4v) is 0.453. The molecule has 9 heavy (non-hydrogen) atoms. The number of carbonyl (C=O) groups is 2. The van der Waals surface area contributed by atoms with E-state index in [4.69, 9.17) is 0 Å². The van der Waals surface area contributed by atoms with Crippen molar-refractivity contribution in [2.45, 2.75) is 6.04 Å². The fourth-order valence-electron chi connectivity index (χ4n) is 0.453. The van der Waals surface area contributed by atoms with Crippen LogP contribution in [0.2, 0.25) is 0 Å². The van der Waals surface area contributed by atoms with Crippen LogP contribution in [0.4, 0.5) is 4.79 Å². The molecule has 0 aromatic carbocycles. The summed E-state index contributed by atoms with van der Waals surface area (Å²) in [6, 6.07) is -0.994. The maximum atomic E-state index is 10.5. The molecule has 0 bridgehead atoms. The van der Waals surface area contributed by atoms with Gasteiger partial charge in [0.1, 0.15) is 0 Å². The molecular weight excluding hydrogens is 122 g/mol. The molecule has 1 unspecified atom stereocenters. The Bertz CT molecular complexity index is 152. The van der Waals surface area contributed by atoms with E-state index >= 15 is 0 Å². The van der Waals surface area contributed by atoms with E-state index in [-0.39, 0.29) is 11.9 Å². The predicted octanol–water partition coefficient (Wildman–Crippen LogP) is -1.85. The average molecular weight is 129 g/mol. The van der Waals surface area contributed by atoms with Crippen molar-refractivity contribution in [1.82, 2.24) is 10.6 Å². The molecule has 1 atom stereocenters. The largest absolute Gasteiger partial charge is 0.351 e. The number of hydrogen-bond donors (Lipinski definition) is 3. The molecule has 1 fully saturated rings. The molecule has 1 aliphatic rings. The third-order valence-electron chi connectivity index (χ3n) is 0.971. The van der Waals surface area contributed by atoms with E-state index in [0.29, 0.717) is 6.54 Å². The number of urea groups is 1. The lowest BCUT2D eigenvalue weighted by atomic mass is 10.4. The number of nitrogens with one attached hydrogen (secondary N) is 2. The maximum Gasteiger partial charge on any atom is 0.318 e. The number of hydrogen-bond acceptors (Lipinski definition) is 3. The molecule has 0 radical (unpaired) electrons. The lowest BCUT2D eigenvalue weighted by molar-refractivity contribution is -0.119. The SMILES string of the molecule is NC(=O)NC(=O)C1CN1. The zero-order valence-electron chi connectivity index (χ0n) is 4.68. The third kappa shape index (κ3) is 1.69. The third-order valence-corrected chi connectivity index (χ3v) is 0.971. The fraction of sp³-hybridized carbons (Fsp3) is 0.500. The molecular formula is C4H7N3O2. The van der Waals surface area contributed by atoms with E-state index in [1.54, 1.807) is 0 Å². The second kappa shape index (κ2) is 2.02. The van der Waals surface area contributed by atoms with E-state index < -0.39 is 6.03 Å². The summed E-state index contributed by atoms with van der Waals surface area (Å²) in [5.74, 6) is -0.345. The summed E-state index contributed by atoms with van der Waals surface area (Å²) < 4.78 is 0. The number of amides is 3. The minimum absolute atomic E-state index is 0.197. The molecule has 5 heteroatoms. The Morgan fingerprint density at radius 2 is 2.22 bits per heavy atom. The van der Waals surface area contributed by atoms with Gasteiger partial charge in [-0.15, -0.1) is 0 Å². The quantitative estimate of drug-likeness (QED) is 0.363. The van der Waals surface area contributed by atoms with E-state index in [0.717, 1.165) is 0 Å². The second-order valence-electron chi connectivity index (χ2n) is 1.81. The van der Waals surface area contributed by atoms with Gasteiger partial charge >= 0.3 is 6.03 Å². The Balaban J connectivity index is 2.26. The van der Waals surface area contributed by atoms with Gasteiger partial charge in [0, 0.05) is 6.54 Å². The molecule has 1 rings (SSSR count). The molecule has 0 saturated carbocycles. The first-order valence-corrected chi connectivity index (χ1v) is 2.54. The highest BCUT2D eigenvalue weighted by molar-refractivity contribution is 5.97. The first-order valence-electron chi connectivity index (χ1n) is 2.54. The molecule has 4 N–H and O–H groups in total.